The average Bonchev–Trinajstić information content (AvgIpc) is 2.74. The van der Waals surface area contributed by atoms with Crippen LogP contribution in [0.1, 0.15) is 33.0 Å². The van der Waals surface area contributed by atoms with Gasteiger partial charge in [-0.2, -0.15) is 0 Å². The third-order valence-corrected chi connectivity index (χ3v) is 5.43. The molecule has 3 aromatic rings. The molecule has 5 heteroatoms. The van der Waals surface area contributed by atoms with E-state index in [1.807, 2.05) is 75.5 Å². The van der Waals surface area contributed by atoms with Gasteiger partial charge in [-0.25, -0.2) is 9.80 Å². The van der Waals surface area contributed by atoms with Gasteiger partial charge in [-0.1, -0.05) is 48.5 Å². The lowest BCUT2D eigenvalue weighted by Gasteiger charge is -2.27. The van der Waals surface area contributed by atoms with Crippen molar-refractivity contribution in [2.75, 3.05) is 45.1 Å². The number of hydrazine groups is 1. The fourth-order valence-electron chi connectivity index (χ4n) is 3.57. The van der Waals surface area contributed by atoms with Gasteiger partial charge in [0.15, 0.2) is 0 Å². The monoisotopic (exact) mass is 403 g/mol. The van der Waals surface area contributed by atoms with Crippen LogP contribution in [0.15, 0.2) is 72.8 Å². The summed E-state index contributed by atoms with van der Waals surface area (Å²) in [6, 6.07) is 24.0. The highest BCUT2D eigenvalue weighted by molar-refractivity contribution is 5.91. The number of anilines is 2. The fourth-order valence-corrected chi connectivity index (χ4v) is 3.57. The van der Waals surface area contributed by atoms with E-state index in [9.17, 15) is 9.90 Å². The van der Waals surface area contributed by atoms with Crippen LogP contribution in [0.4, 0.5) is 11.4 Å². The Bertz CT molecular complexity index is 999. The van der Waals surface area contributed by atoms with E-state index < -0.39 is 5.97 Å². The molecular weight excluding hydrogens is 374 g/mol. The number of hydrogen-bond donors (Lipinski definition) is 1. The normalized spacial score (nSPS) is 11.9. The van der Waals surface area contributed by atoms with Crippen molar-refractivity contribution in [3.63, 3.8) is 0 Å². The molecule has 0 saturated carbocycles. The van der Waals surface area contributed by atoms with Crippen molar-refractivity contribution in [1.29, 1.82) is 0 Å². The molecule has 0 amide bonds. The molecule has 1 atom stereocenters. The molecule has 0 heterocycles. The number of benzene rings is 3. The Labute approximate surface area is 178 Å². The van der Waals surface area contributed by atoms with Gasteiger partial charge in [0.1, 0.15) is 0 Å². The summed E-state index contributed by atoms with van der Waals surface area (Å²) < 4.78 is 0. The largest absolute Gasteiger partial charge is 0.478 e. The summed E-state index contributed by atoms with van der Waals surface area (Å²) in [6.07, 6.45) is 0. The van der Waals surface area contributed by atoms with Crippen LogP contribution in [-0.4, -0.2) is 51.3 Å². The molecule has 156 valence electrons. The average molecular weight is 404 g/mol. The van der Waals surface area contributed by atoms with Gasteiger partial charge in [0.25, 0.3) is 0 Å². The van der Waals surface area contributed by atoms with Crippen LogP contribution in [-0.2, 0) is 0 Å². The SMILES string of the molecule is CN(C)c1ccc(C(c2ccccc2)c2ccc(N(C)N(C)C)cc2)c(C(=O)O)c1. The Morgan fingerprint density at radius 2 is 1.33 bits per heavy atom. The Kier molecular flexibility index (Phi) is 6.43. The number of aromatic carboxylic acids is 1. The molecule has 1 N–H and O–H groups in total. The van der Waals surface area contributed by atoms with Crippen LogP contribution < -0.4 is 9.91 Å². The molecule has 0 spiro atoms. The van der Waals surface area contributed by atoms with Gasteiger partial charge in [-0.05, 0) is 41.0 Å². The van der Waals surface area contributed by atoms with Crippen molar-refractivity contribution in [1.82, 2.24) is 5.01 Å². The number of nitrogens with zero attached hydrogens (tertiary/aromatic N) is 3. The fraction of sp³-hybridized carbons (Fsp3) is 0.240. The van der Waals surface area contributed by atoms with Gasteiger partial charge in [-0.15, -0.1) is 0 Å². The maximum absolute atomic E-state index is 12.2. The van der Waals surface area contributed by atoms with Gasteiger partial charge in [-0.3, -0.25) is 0 Å². The maximum Gasteiger partial charge on any atom is 0.336 e. The minimum absolute atomic E-state index is 0.174. The van der Waals surface area contributed by atoms with E-state index in [2.05, 4.69) is 41.4 Å². The maximum atomic E-state index is 12.2. The second-order valence-electron chi connectivity index (χ2n) is 7.78. The van der Waals surface area contributed by atoms with Crippen molar-refractivity contribution in [2.24, 2.45) is 0 Å². The zero-order valence-corrected chi connectivity index (χ0v) is 18.2. The topological polar surface area (TPSA) is 47.0 Å². The summed E-state index contributed by atoms with van der Waals surface area (Å²) in [5.41, 5.74) is 5.16. The first-order valence-electron chi connectivity index (χ1n) is 9.90. The first kappa shape index (κ1) is 21.4. The third-order valence-electron chi connectivity index (χ3n) is 5.43. The van der Waals surface area contributed by atoms with Crippen LogP contribution in [0.25, 0.3) is 0 Å². The molecule has 0 radical (unpaired) electrons. The minimum Gasteiger partial charge on any atom is -0.478 e. The molecule has 3 rings (SSSR count). The quantitative estimate of drug-likeness (QED) is 0.463. The van der Waals surface area contributed by atoms with Crippen molar-refractivity contribution in [2.45, 2.75) is 5.92 Å². The molecule has 3 aromatic carbocycles. The van der Waals surface area contributed by atoms with E-state index >= 15 is 0 Å². The predicted molar refractivity (Wildman–Crippen MR) is 124 cm³/mol. The zero-order valence-electron chi connectivity index (χ0n) is 18.2. The van der Waals surface area contributed by atoms with E-state index in [1.165, 1.54) is 0 Å². The smallest absolute Gasteiger partial charge is 0.336 e. The molecule has 0 fully saturated rings. The molecule has 5 nitrogen and oxygen atoms in total. The number of rotatable bonds is 7. The summed E-state index contributed by atoms with van der Waals surface area (Å²) in [5, 5.41) is 14.0. The van der Waals surface area contributed by atoms with Crippen LogP contribution in [0.5, 0.6) is 0 Å². The molecule has 0 bridgehead atoms. The molecule has 0 aliphatic heterocycles. The van der Waals surface area contributed by atoms with Crippen molar-refractivity contribution in [3.05, 3.63) is 95.1 Å². The Balaban J connectivity index is 2.15. The van der Waals surface area contributed by atoms with Crippen LogP contribution >= 0.6 is 0 Å². The van der Waals surface area contributed by atoms with Gasteiger partial charge in [0.05, 0.1) is 11.3 Å². The van der Waals surface area contributed by atoms with Crippen molar-refractivity contribution < 1.29 is 9.90 Å². The van der Waals surface area contributed by atoms with Crippen molar-refractivity contribution >= 4 is 17.3 Å². The summed E-state index contributed by atoms with van der Waals surface area (Å²) >= 11 is 0. The lowest BCUT2D eigenvalue weighted by atomic mass is 9.82. The van der Waals surface area contributed by atoms with Gasteiger partial charge >= 0.3 is 5.97 Å². The number of hydrogen-bond acceptors (Lipinski definition) is 4. The third kappa shape index (κ3) is 4.47. The molecule has 0 aliphatic rings. The Hall–Kier alpha value is -3.31. The van der Waals surface area contributed by atoms with Crippen molar-refractivity contribution in [3.8, 4) is 0 Å². The number of carboxylic acids is 1. The summed E-state index contributed by atoms with van der Waals surface area (Å²) in [6.45, 7) is 0. The van der Waals surface area contributed by atoms with E-state index in [0.29, 0.717) is 5.56 Å². The summed E-state index contributed by atoms with van der Waals surface area (Å²) in [4.78, 5) is 14.1. The van der Waals surface area contributed by atoms with Crippen LogP contribution in [0.2, 0.25) is 0 Å². The predicted octanol–water partition coefficient (Wildman–Crippen LogP) is 4.54. The van der Waals surface area contributed by atoms with Crippen LogP contribution in [0.3, 0.4) is 0 Å². The second-order valence-corrected chi connectivity index (χ2v) is 7.78. The number of carbonyl (C=O) groups is 1. The van der Waals surface area contributed by atoms with Gasteiger partial charge in [0, 0.05) is 46.8 Å². The highest BCUT2D eigenvalue weighted by Gasteiger charge is 2.23. The van der Waals surface area contributed by atoms with E-state index in [1.54, 1.807) is 6.07 Å². The first-order chi connectivity index (χ1) is 14.3. The van der Waals surface area contributed by atoms with Gasteiger partial charge in [0.2, 0.25) is 0 Å². The Morgan fingerprint density at radius 1 is 0.767 bits per heavy atom. The minimum atomic E-state index is -0.918. The molecule has 1 unspecified atom stereocenters. The zero-order chi connectivity index (χ0) is 21.8. The van der Waals surface area contributed by atoms with E-state index in [-0.39, 0.29) is 5.92 Å². The lowest BCUT2D eigenvalue weighted by molar-refractivity contribution is 0.0695. The number of carboxylic acid groups (broad SMARTS) is 1. The summed E-state index contributed by atoms with van der Waals surface area (Å²) in [5.74, 6) is -1.09. The molecule has 0 aliphatic carbocycles. The standard InChI is InChI=1S/C25H29N3O2/c1-26(2)21-15-16-22(23(17-21)25(29)30)24(18-9-7-6-8-10-18)19-11-13-20(14-12-19)28(5)27(3)4/h6-17,24H,1-5H3,(H,29,30). The summed E-state index contributed by atoms with van der Waals surface area (Å²) in [7, 11) is 9.81. The molecule has 30 heavy (non-hydrogen) atoms. The highest BCUT2D eigenvalue weighted by atomic mass is 16.4. The Morgan fingerprint density at radius 3 is 1.87 bits per heavy atom. The lowest BCUT2D eigenvalue weighted by Crippen LogP contribution is -2.32. The second kappa shape index (κ2) is 9.01. The molecular formula is C25H29N3O2. The highest BCUT2D eigenvalue weighted by Crippen LogP contribution is 2.36. The van der Waals surface area contributed by atoms with E-state index in [4.69, 9.17) is 0 Å². The molecule has 0 aromatic heterocycles. The first-order valence-corrected chi connectivity index (χ1v) is 9.90. The van der Waals surface area contributed by atoms with Crippen LogP contribution in [0, 0.1) is 0 Å². The van der Waals surface area contributed by atoms with E-state index in [0.717, 1.165) is 28.1 Å². The molecule has 0 saturated heterocycles. The van der Waals surface area contributed by atoms with Gasteiger partial charge < -0.3 is 15.0 Å².